The summed E-state index contributed by atoms with van der Waals surface area (Å²) in [4.78, 5) is 8.94. The van der Waals surface area contributed by atoms with Gasteiger partial charge in [-0.2, -0.15) is 0 Å². The van der Waals surface area contributed by atoms with Gasteiger partial charge in [0, 0.05) is 37.9 Å². The molecule has 7 rings (SSSR count). The number of aromatic nitrogens is 2. The smallest absolute Gasteiger partial charge is 0.120 e. The zero-order chi connectivity index (χ0) is 26.1. The summed E-state index contributed by atoms with van der Waals surface area (Å²) in [5.41, 5.74) is 7.20. The number of furan rings is 1. The maximum absolute atomic E-state index is 6.45. The molecule has 1 fully saturated rings. The minimum absolute atomic E-state index is 0. The van der Waals surface area contributed by atoms with E-state index in [9.17, 15) is 0 Å². The average Bonchev–Trinajstić information content (AvgIpc) is 3.74. The van der Waals surface area contributed by atoms with Crippen LogP contribution in [0.4, 0.5) is 0 Å². The van der Waals surface area contributed by atoms with E-state index >= 15 is 0 Å². The molecule has 6 aromatic rings. The second-order valence-electron chi connectivity index (χ2n) is 10.9. The van der Waals surface area contributed by atoms with Crippen LogP contribution in [-0.2, 0) is 20.1 Å². The predicted molar refractivity (Wildman–Crippen MR) is 159 cm³/mol. The molecule has 0 aliphatic heterocycles. The first-order valence-electron chi connectivity index (χ1n) is 13.2. The summed E-state index contributed by atoms with van der Waals surface area (Å²) in [6.07, 6.45) is 6.41. The van der Waals surface area contributed by atoms with Gasteiger partial charge in [0.05, 0.1) is 13.7 Å². The van der Waals surface area contributed by atoms with Crippen molar-refractivity contribution in [3.05, 3.63) is 115 Å². The monoisotopic (exact) mass is 703 g/mol. The SMILES string of the molecule is C[Si](C)(C)c1cccc2c1oc1c(-c3ccc(C4CC4)cn3)[c-]ccc12.[Ir].[c-]1ccccc1-c1ccccn1. The molecule has 3 aromatic carbocycles. The maximum atomic E-state index is 6.45. The van der Waals surface area contributed by atoms with Gasteiger partial charge in [0.1, 0.15) is 5.58 Å². The summed E-state index contributed by atoms with van der Waals surface area (Å²) in [6, 6.07) is 35.2. The van der Waals surface area contributed by atoms with Gasteiger partial charge in [0.25, 0.3) is 0 Å². The maximum Gasteiger partial charge on any atom is 0.120 e. The van der Waals surface area contributed by atoms with Gasteiger partial charge in [-0.25, -0.2) is 0 Å². The van der Waals surface area contributed by atoms with Crippen LogP contribution in [0.1, 0.15) is 24.3 Å². The molecule has 1 radical (unpaired) electrons. The molecular weight excluding hydrogens is 673 g/mol. The third-order valence-electron chi connectivity index (χ3n) is 7.01. The van der Waals surface area contributed by atoms with Crippen molar-refractivity contribution in [2.24, 2.45) is 0 Å². The van der Waals surface area contributed by atoms with Crippen LogP contribution in [0.5, 0.6) is 0 Å². The molecule has 1 aliphatic rings. The third kappa shape index (κ3) is 5.81. The van der Waals surface area contributed by atoms with E-state index in [0.29, 0.717) is 0 Å². The Morgan fingerprint density at radius 1 is 0.744 bits per heavy atom. The van der Waals surface area contributed by atoms with Gasteiger partial charge in [-0.1, -0.05) is 73.1 Å². The minimum Gasteiger partial charge on any atom is -0.501 e. The number of pyridine rings is 2. The van der Waals surface area contributed by atoms with E-state index in [1.54, 1.807) is 6.20 Å². The summed E-state index contributed by atoms with van der Waals surface area (Å²) in [7, 11) is -1.49. The molecule has 0 saturated heterocycles. The Hall–Kier alpha value is -3.37. The third-order valence-corrected chi connectivity index (χ3v) is 9.02. The second kappa shape index (κ2) is 11.4. The molecular formula is C34H30IrN2OSi-2. The molecule has 0 unspecified atom stereocenters. The Morgan fingerprint density at radius 3 is 2.23 bits per heavy atom. The molecule has 0 amide bonds. The van der Waals surface area contributed by atoms with Crippen molar-refractivity contribution in [2.45, 2.75) is 38.4 Å². The van der Waals surface area contributed by atoms with E-state index < -0.39 is 8.07 Å². The van der Waals surface area contributed by atoms with E-state index in [4.69, 9.17) is 9.40 Å². The molecule has 0 N–H and O–H groups in total. The van der Waals surface area contributed by atoms with Crippen molar-refractivity contribution >= 4 is 35.2 Å². The van der Waals surface area contributed by atoms with Crippen LogP contribution >= 0.6 is 0 Å². The molecule has 0 bridgehead atoms. The normalized spacial score (nSPS) is 13.0. The number of hydrogen-bond acceptors (Lipinski definition) is 3. The quantitative estimate of drug-likeness (QED) is 0.137. The fraction of sp³-hybridized carbons (Fsp3) is 0.176. The summed E-state index contributed by atoms with van der Waals surface area (Å²) >= 11 is 0. The van der Waals surface area contributed by atoms with Crippen LogP contribution in [0.3, 0.4) is 0 Å². The number of para-hydroxylation sites is 1. The topological polar surface area (TPSA) is 38.9 Å². The minimum atomic E-state index is -1.49. The van der Waals surface area contributed by atoms with Gasteiger partial charge < -0.3 is 14.4 Å². The molecule has 1 saturated carbocycles. The average molecular weight is 703 g/mol. The van der Waals surface area contributed by atoms with Gasteiger partial charge in [-0.15, -0.1) is 54.1 Å². The predicted octanol–water partition coefficient (Wildman–Crippen LogP) is 8.42. The van der Waals surface area contributed by atoms with Crippen LogP contribution in [0, 0.1) is 12.1 Å². The molecule has 3 aromatic heterocycles. The van der Waals surface area contributed by atoms with E-state index in [1.165, 1.54) is 29.0 Å². The zero-order valence-corrected chi connectivity index (χ0v) is 25.8. The first kappa shape index (κ1) is 27.2. The van der Waals surface area contributed by atoms with Crippen molar-refractivity contribution in [1.82, 2.24) is 9.97 Å². The fourth-order valence-electron chi connectivity index (χ4n) is 4.83. The Kier molecular flexibility index (Phi) is 7.95. The molecule has 197 valence electrons. The molecule has 0 spiro atoms. The molecule has 3 nitrogen and oxygen atoms in total. The Labute approximate surface area is 244 Å². The zero-order valence-electron chi connectivity index (χ0n) is 22.4. The van der Waals surface area contributed by atoms with Gasteiger partial charge in [-0.05, 0) is 47.0 Å². The van der Waals surface area contributed by atoms with Crippen LogP contribution in [0.15, 0.2) is 102 Å². The summed E-state index contributed by atoms with van der Waals surface area (Å²) < 4.78 is 6.45. The van der Waals surface area contributed by atoms with Gasteiger partial charge >= 0.3 is 0 Å². The molecule has 3 heterocycles. The largest absolute Gasteiger partial charge is 0.501 e. The van der Waals surface area contributed by atoms with Crippen molar-refractivity contribution < 1.29 is 24.5 Å². The van der Waals surface area contributed by atoms with Gasteiger partial charge in [0.2, 0.25) is 0 Å². The molecule has 1 aliphatic carbocycles. The van der Waals surface area contributed by atoms with Crippen LogP contribution < -0.4 is 5.19 Å². The number of benzene rings is 3. The number of fused-ring (bicyclic) bond motifs is 3. The standard InChI is InChI=1S/C23H22NOSi.C11H8N.Ir/c1-26(2,3)21-9-5-7-18-17-6-4-8-19(22(17)25-23(18)21)20-13-12-16(14-24-20)15-10-11-15;1-2-6-10(7-3-1)11-8-4-5-9-12-11;/h4-7,9,12-15H,10-11H2,1-3H3;1-6,8-9H;/q2*-1;. The van der Waals surface area contributed by atoms with Crippen molar-refractivity contribution in [2.75, 3.05) is 0 Å². The Bertz CT molecular complexity index is 1650. The van der Waals surface area contributed by atoms with E-state index in [1.807, 2.05) is 54.7 Å². The summed E-state index contributed by atoms with van der Waals surface area (Å²) in [5, 5.41) is 3.72. The molecule has 0 atom stereocenters. The van der Waals surface area contributed by atoms with Crippen molar-refractivity contribution in [3.63, 3.8) is 0 Å². The van der Waals surface area contributed by atoms with Crippen molar-refractivity contribution in [1.29, 1.82) is 0 Å². The second-order valence-corrected chi connectivity index (χ2v) is 15.9. The van der Waals surface area contributed by atoms with Crippen LogP contribution in [-0.4, -0.2) is 18.0 Å². The van der Waals surface area contributed by atoms with Crippen LogP contribution in [0.2, 0.25) is 19.6 Å². The van der Waals surface area contributed by atoms with Crippen molar-refractivity contribution in [3.8, 4) is 22.5 Å². The van der Waals surface area contributed by atoms with E-state index in [0.717, 1.165) is 45.0 Å². The first-order chi connectivity index (χ1) is 18.5. The van der Waals surface area contributed by atoms with Gasteiger partial charge in [0.15, 0.2) is 0 Å². The first-order valence-corrected chi connectivity index (χ1v) is 16.7. The van der Waals surface area contributed by atoms with Crippen LogP contribution in [0.25, 0.3) is 44.5 Å². The molecule has 39 heavy (non-hydrogen) atoms. The number of rotatable bonds is 4. The Morgan fingerprint density at radius 2 is 1.56 bits per heavy atom. The fourth-order valence-corrected chi connectivity index (χ4v) is 6.29. The summed E-state index contributed by atoms with van der Waals surface area (Å²) in [5.74, 6) is 0.724. The van der Waals surface area contributed by atoms with Gasteiger partial charge in [-0.3, -0.25) is 0 Å². The van der Waals surface area contributed by atoms with E-state index in [-0.39, 0.29) is 20.1 Å². The number of hydrogen-bond donors (Lipinski definition) is 0. The molecule has 5 heteroatoms. The Balaban J connectivity index is 0.000000200. The van der Waals surface area contributed by atoms with E-state index in [2.05, 4.69) is 73.2 Å². The number of nitrogens with zero attached hydrogens (tertiary/aromatic N) is 2. The summed E-state index contributed by atoms with van der Waals surface area (Å²) in [6.45, 7) is 7.08.